The number of hydrogen-bond donors (Lipinski definition) is 2. The van der Waals surface area contributed by atoms with Crippen molar-refractivity contribution in [3.05, 3.63) is 11.7 Å². The van der Waals surface area contributed by atoms with Crippen LogP contribution in [-0.2, 0) is 6.54 Å². The minimum Gasteiger partial charge on any atom is -0.339 e. The molecule has 2 aliphatic carbocycles. The highest BCUT2D eigenvalue weighted by Crippen LogP contribution is 2.38. The predicted octanol–water partition coefficient (Wildman–Crippen LogP) is 1.54. The van der Waals surface area contributed by atoms with Gasteiger partial charge in [0.25, 0.3) is 0 Å². The number of hydrogen-bond acceptors (Lipinski definition) is 4. The van der Waals surface area contributed by atoms with Gasteiger partial charge in [-0.1, -0.05) is 5.16 Å². The lowest BCUT2D eigenvalue weighted by Gasteiger charge is -2.12. The van der Waals surface area contributed by atoms with Crippen LogP contribution in [0.25, 0.3) is 0 Å². The third kappa shape index (κ3) is 2.80. The fraction of sp³-hybridized carbons (Fsp3) is 0.750. The van der Waals surface area contributed by atoms with Gasteiger partial charge in [-0.05, 0) is 38.5 Å². The van der Waals surface area contributed by atoms with Gasteiger partial charge in [0, 0.05) is 12.0 Å². The third-order valence-corrected chi connectivity index (χ3v) is 3.51. The van der Waals surface area contributed by atoms with Crippen molar-refractivity contribution < 1.29 is 9.32 Å². The summed E-state index contributed by atoms with van der Waals surface area (Å²) in [7, 11) is 0. The fourth-order valence-electron chi connectivity index (χ4n) is 1.97. The molecule has 0 bridgehead atoms. The van der Waals surface area contributed by atoms with Gasteiger partial charge in [0.1, 0.15) is 0 Å². The highest BCUT2D eigenvalue weighted by Gasteiger charge is 2.30. The summed E-state index contributed by atoms with van der Waals surface area (Å²) in [5, 5.41) is 9.52. The highest BCUT2D eigenvalue weighted by atomic mass is 16.5. The van der Waals surface area contributed by atoms with E-state index in [0.29, 0.717) is 30.1 Å². The van der Waals surface area contributed by atoms with E-state index < -0.39 is 0 Å². The second-order valence-corrected chi connectivity index (χ2v) is 5.28. The van der Waals surface area contributed by atoms with Crippen LogP contribution >= 0.6 is 0 Å². The molecule has 0 unspecified atom stereocenters. The average molecular weight is 250 g/mol. The molecule has 18 heavy (non-hydrogen) atoms. The number of carbonyl (C=O) groups excluding carboxylic acids is 1. The lowest BCUT2D eigenvalue weighted by molar-refractivity contribution is 0.235. The summed E-state index contributed by atoms with van der Waals surface area (Å²) in [6.45, 7) is 2.36. The first-order valence-corrected chi connectivity index (χ1v) is 6.59. The van der Waals surface area contributed by atoms with E-state index in [1.165, 1.54) is 12.8 Å². The Hall–Kier alpha value is -1.59. The Morgan fingerprint density at radius 1 is 1.44 bits per heavy atom. The zero-order chi connectivity index (χ0) is 12.5. The summed E-state index contributed by atoms with van der Waals surface area (Å²) in [5.74, 6) is 2.36. The Morgan fingerprint density at radius 2 is 2.22 bits per heavy atom. The first-order valence-electron chi connectivity index (χ1n) is 6.59. The Kier molecular flexibility index (Phi) is 2.93. The smallest absolute Gasteiger partial charge is 0.315 e. The van der Waals surface area contributed by atoms with Crippen molar-refractivity contribution >= 4 is 6.03 Å². The summed E-state index contributed by atoms with van der Waals surface area (Å²) >= 11 is 0. The zero-order valence-corrected chi connectivity index (χ0v) is 10.5. The van der Waals surface area contributed by atoms with Gasteiger partial charge < -0.3 is 15.2 Å². The fourth-order valence-corrected chi connectivity index (χ4v) is 1.97. The van der Waals surface area contributed by atoms with Gasteiger partial charge in [-0.15, -0.1) is 0 Å². The second kappa shape index (κ2) is 4.59. The van der Waals surface area contributed by atoms with Crippen LogP contribution in [0.4, 0.5) is 4.79 Å². The number of aromatic nitrogens is 2. The molecule has 6 nitrogen and oxygen atoms in total. The van der Waals surface area contributed by atoms with Gasteiger partial charge in [-0.3, -0.25) is 0 Å². The molecule has 2 N–H and O–H groups in total. The van der Waals surface area contributed by atoms with E-state index >= 15 is 0 Å². The van der Waals surface area contributed by atoms with E-state index in [1.54, 1.807) is 0 Å². The molecule has 0 radical (unpaired) electrons. The summed E-state index contributed by atoms with van der Waals surface area (Å²) in [6.07, 6.45) is 4.71. The number of amides is 2. The van der Waals surface area contributed by atoms with Crippen molar-refractivity contribution in [1.82, 2.24) is 20.8 Å². The molecular formula is C12H18N4O2. The van der Waals surface area contributed by atoms with Crippen LogP contribution in [0.5, 0.6) is 0 Å². The summed E-state index contributed by atoms with van der Waals surface area (Å²) < 4.78 is 5.12. The van der Waals surface area contributed by atoms with Crippen LogP contribution in [0.15, 0.2) is 4.52 Å². The van der Waals surface area contributed by atoms with Gasteiger partial charge in [0.05, 0.1) is 6.54 Å². The zero-order valence-electron chi connectivity index (χ0n) is 10.5. The van der Waals surface area contributed by atoms with Crippen LogP contribution in [0.3, 0.4) is 0 Å². The lowest BCUT2D eigenvalue weighted by atomic mass is 10.2. The van der Waals surface area contributed by atoms with Crippen molar-refractivity contribution in [2.24, 2.45) is 5.92 Å². The summed E-state index contributed by atoms with van der Waals surface area (Å²) in [6, 6.07) is 0.0875. The van der Waals surface area contributed by atoms with Crippen molar-refractivity contribution in [3.63, 3.8) is 0 Å². The molecule has 1 atom stereocenters. The normalized spacial score (nSPS) is 20.5. The van der Waals surface area contributed by atoms with E-state index in [0.717, 1.165) is 12.8 Å². The quantitative estimate of drug-likeness (QED) is 0.830. The van der Waals surface area contributed by atoms with Gasteiger partial charge in [-0.25, -0.2) is 4.79 Å². The number of carbonyl (C=O) groups is 1. The van der Waals surface area contributed by atoms with Crippen molar-refractivity contribution in [2.45, 2.75) is 51.1 Å². The minimum absolute atomic E-state index is 0.160. The van der Waals surface area contributed by atoms with Gasteiger partial charge in [0.2, 0.25) is 5.89 Å². The van der Waals surface area contributed by atoms with Crippen molar-refractivity contribution in [3.8, 4) is 0 Å². The molecular weight excluding hydrogens is 232 g/mol. The number of nitrogens with one attached hydrogen (secondary N) is 2. The Morgan fingerprint density at radius 3 is 2.89 bits per heavy atom. The third-order valence-electron chi connectivity index (χ3n) is 3.51. The summed E-state index contributed by atoms with van der Waals surface area (Å²) in [5.41, 5.74) is 0. The Balaban J connectivity index is 1.43. The number of urea groups is 1. The molecule has 2 amide bonds. The Bertz CT molecular complexity index is 437. The van der Waals surface area contributed by atoms with Crippen molar-refractivity contribution in [2.75, 3.05) is 0 Å². The first kappa shape index (κ1) is 11.5. The predicted molar refractivity (Wildman–Crippen MR) is 63.8 cm³/mol. The molecule has 0 saturated heterocycles. The standard InChI is InChI=1S/C12H18N4O2/c1-7(8-2-3-8)14-12(17)13-6-10-15-11(18-16-10)9-4-5-9/h7-9H,2-6H2,1H3,(H2,13,14,17)/t7-/m0/s1. The van der Waals surface area contributed by atoms with Gasteiger partial charge in [0.15, 0.2) is 5.82 Å². The molecule has 3 rings (SSSR count). The van der Waals surface area contributed by atoms with E-state index in [2.05, 4.69) is 20.8 Å². The minimum atomic E-state index is -0.160. The van der Waals surface area contributed by atoms with Crippen LogP contribution in [0, 0.1) is 5.92 Å². The van der Waals surface area contributed by atoms with Crippen LogP contribution in [0.2, 0.25) is 0 Å². The van der Waals surface area contributed by atoms with Crippen LogP contribution in [0.1, 0.15) is 50.2 Å². The Labute approximate surface area is 106 Å². The van der Waals surface area contributed by atoms with E-state index in [1.807, 2.05) is 6.92 Å². The van der Waals surface area contributed by atoms with Crippen molar-refractivity contribution in [1.29, 1.82) is 0 Å². The molecule has 2 saturated carbocycles. The maximum absolute atomic E-state index is 11.6. The molecule has 0 spiro atoms. The largest absolute Gasteiger partial charge is 0.339 e. The van der Waals surface area contributed by atoms with E-state index in [-0.39, 0.29) is 12.1 Å². The van der Waals surface area contributed by atoms with E-state index in [4.69, 9.17) is 4.52 Å². The highest BCUT2D eigenvalue weighted by molar-refractivity contribution is 5.74. The van der Waals surface area contributed by atoms with E-state index in [9.17, 15) is 4.79 Å². The topological polar surface area (TPSA) is 80.0 Å². The maximum Gasteiger partial charge on any atom is 0.315 e. The van der Waals surface area contributed by atoms with Crippen LogP contribution < -0.4 is 10.6 Å². The SMILES string of the molecule is C[C@H](NC(=O)NCc1noc(C2CC2)n1)C1CC1. The molecule has 1 heterocycles. The molecule has 1 aromatic rings. The average Bonchev–Trinajstić information content (AvgIpc) is 3.24. The summed E-state index contributed by atoms with van der Waals surface area (Å²) in [4.78, 5) is 15.9. The molecule has 1 aromatic heterocycles. The maximum atomic E-state index is 11.6. The van der Waals surface area contributed by atoms with Gasteiger partial charge >= 0.3 is 6.03 Å². The molecule has 2 aliphatic rings. The lowest BCUT2D eigenvalue weighted by Crippen LogP contribution is -2.41. The molecule has 0 aliphatic heterocycles. The number of rotatable bonds is 5. The second-order valence-electron chi connectivity index (χ2n) is 5.28. The molecule has 2 fully saturated rings. The molecule has 6 heteroatoms. The van der Waals surface area contributed by atoms with Crippen LogP contribution in [-0.4, -0.2) is 22.2 Å². The molecule has 0 aromatic carbocycles. The first-order chi connectivity index (χ1) is 8.72. The van der Waals surface area contributed by atoms with Gasteiger partial charge in [-0.2, -0.15) is 4.98 Å². The molecule has 98 valence electrons. The number of nitrogens with zero attached hydrogens (tertiary/aromatic N) is 2. The monoisotopic (exact) mass is 250 g/mol.